The Kier molecular flexibility index (Phi) is 9.90. The van der Waals surface area contributed by atoms with Gasteiger partial charge in [-0.15, -0.1) is 23.2 Å². The quantitative estimate of drug-likeness (QED) is 0.541. The first kappa shape index (κ1) is 24.4. The van der Waals surface area contributed by atoms with Gasteiger partial charge >= 0.3 is 12.1 Å². The summed E-state index contributed by atoms with van der Waals surface area (Å²) in [7, 11) is 0. The Labute approximate surface area is 177 Å². The maximum absolute atomic E-state index is 12.1. The van der Waals surface area contributed by atoms with E-state index in [9.17, 15) is 14.7 Å². The zero-order chi connectivity index (χ0) is 21.3. The molecule has 0 aromatic heterocycles. The second kappa shape index (κ2) is 11.4. The number of amides is 1. The van der Waals surface area contributed by atoms with E-state index in [0.29, 0.717) is 31.3 Å². The molecule has 1 rings (SSSR count). The molecule has 1 aromatic carbocycles. The Balaban J connectivity index is 3.01. The number of alkyl carbamates (subject to hydrolysis) is 1. The number of nitrogens with one attached hydrogen (secondary N) is 1. The van der Waals surface area contributed by atoms with Gasteiger partial charge in [-0.1, -0.05) is 6.07 Å². The average molecular weight is 433 g/mol. The van der Waals surface area contributed by atoms with E-state index in [-0.39, 0.29) is 6.42 Å². The van der Waals surface area contributed by atoms with E-state index in [0.717, 1.165) is 16.8 Å². The lowest BCUT2D eigenvalue weighted by atomic mass is 9.98. The van der Waals surface area contributed by atoms with E-state index in [4.69, 9.17) is 27.9 Å². The fourth-order valence-corrected chi connectivity index (χ4v) is 3.18. The van der Waals surface area contributed by atoms with Gasteiger partial charge in [0.25, 0.3) is 0 Å². The van der Waals surface area contributed by atoms with Crippen molar-refractivity contribution >= 4 is 41.0 Å². The molecule has 0 bridgehead atoms. The van der Waals surface area contributed by atoms with Gasteiger partial charge in [-0.3, -0.25) is 4.79 Å². The monoisotopic (exact) mass is 432 g/mol. The molecule has 28 heavy (non-hydrogen) atoms. The molecule has 8 heteroatoms. The van der Waals surface area contributed by atoms with Crippen molar-refractivity contribution in [3.05, 3.63) is 29.3 Å². The largest absolute Gasteiger partial charge is 0.481 e. The van der Waals surface area contributed by atoms with Crippen LogP contribution in [-0.2, 0) is 16.0 Å². The number of hydrogen-bond donors (Lipinski definition) is 2. The maximum Gasteiger partial charge on any atom is 0.407 e. The number of carboxylic acid groups (broad SMARTS) is 1. The molecule has 0 radical (unpaired) electrons. The molecule has 0 aliphatic carbocycles. The lowest BCUT2D eigenvalue weighted by Gasteiger charge is -2.26. The summed E-state index contributed by atoms with van der Waals surface area (Å²) in [4.78, 5) is 25.5. The van der Waals surface area contributed by atoms with E-state index in [2.05, 4.69) is 10.2 Å². The van der Waals surface area contributed by atoms with Crippen LogP contribution in [0.3, 0.4) is 0 Å². The van der Waals surface area contributed by atoms with Crippen molar-refractivity contribution in [1.29, 1.82) is 0 Å². The van der Waals surface area contributed by atoms with Crippen LogP contribution in [0.4, 0.5) is 10.5 Å². The smallest absolute Gasteiger partial charge is 0.407 e. The molecule has 0 aliphatic heterocycles. The molecule has 6 nitrogen and oxygen atoms in total. The highest BCUT2D eigenvalue weighted by molar-refractivity contribution is 6.18. The molecule has 0 unspecified atom stereocenters. The number of aryl methyl sites for hydroxylation is 1. The van der Waals surface area contributed by atoms with Gasteiger partial charge in [0, 0.05) is 36.6 Å². The summed E-state index contributed by atoms with van der Waals surface area (Å²) in [6.07, 6.45) is -0.449. The lowest BCUT2D eigenvalue weighted by Crippen LogP contribution is -2.41. The number of nitrogens with zero attached hydrogens (tertiary/aromatic N) is 1. The highest BCUT2D eigenvalue weighted by Crippen LogP contribution is 2.22. The minimum absolute atomic E-state index is 0.198. The highest BCUT2D eigenvalue weighted by atomic mass is 35.5. The molecule has 0 saturated carbocycles. The Morgan fingerprint density at radius 2 is 1.82 bits per heavy atom. The van der Waals surface area contributed by atoms with Crippen LogP contribution in [0.2, 0.25) is 0 Å². The van der Waals surface area contributed by atoms with Gasteiger partial charge in [-0.2, -0.15) is 0 Å². The molecular weight excluding hydrogens is 403 g/mol. The van der Waals surface area contributed by atoms with Crippen molar-refractivity contribution in [3.8, 4) is 0 Å². The fourth-order valence-electron chi connectivity index (χ4n) is 2.77. The van der Waals surface area contributed by atoms with Crippen LogP contribution in [0, 0.1) is 6.92 Å². The Morgan fingerprint density at radius 3 is 2.32 bits per heavy atom. The number of halogens is 2. The Hall–Kier alpha value is -1.66. The van der Waals surface area contributed by atoms with E-state index in [1.54, 1.807) is 20.8 Å². The predicted octanol–water partition coefficient (Wildman–Crippen LogP) is 4.19. The first-order chi connectivity index (χ1) is 13.1. The zero-order valence-electron chi connectivity index (χ0n) is 16.9. The lowest BCUT2D eigenvalue weighted by molar-refractivity contribution is -0.137. The number of anilines is 1. The van der Waals surface area contributed by atoms with Crippen molar-refractivity contribution in [2.45, 2.75) is 52.2 Å². The molecule has 1 atom stereocenters. The van der Waals surface area contributed by atoms with Gasteiger partial charge in [0.1, 0.15) is 5.60 Å². The standard InChI is InChI=1S/C20H30Cl2N2O4/c1-14-5-6-17(24(9-7-21)10-8-22)12-15(14)11-16(13-18(25)26)23-19(27)28-20(2,3)4/h5-6,12,16H,7-11,13H2,1-4H3,(H,23,27)(H,25,26)/t16-/m1/s1. The molecular formula is C20H30Cl2N2O4. The number of carbonyl (C=O) groups excluding carboxylic acids is 1. The Morgan fingerprint density at radius 1 is 1.21 bits per heavy atom. The second-order valence-electron chi connectivity index (χ2n) is 7.62. The summed E-state index contributed by atoms with van der Waals surface area (Å²) < 4.78 is 5.26. The maximum atomic E-state index is 12.1. The summed E-state index contributed by atoms with van der Waals surface area (Å²) in [6.45, 7) is 8.55. The summed E-state index contributed by atoms with van der Waals surface area (Å²) >= 11 is 11.8. The molecule has 0 aliphatic rings. The van der Waals surface area contributed by atoms with Gasteiger partial charge in [0.15, 0.2) is 0 Å². The van der Waals surface area contributed by atoms with Crippen LogP contribution in [0.5, 0.6) is 0 Å². The van der Waals surface area contributed by atoms with Crippen LogP contribution in [0.1, 0.15) is 38.3 Å². The Bertz CT molecular complexity index is 656. The van der Waals surface area contributed by atoms with Crippen LogP contribution < -0.4 is 10.2 Å². The molecule has 1 aromatic rings. The minimum Gasteiger partial charge on any atom is -0.481 e. The van der Waals surface area contributed by atoms with Gasteiger partial charge in [-0.25, -0.2) is 4.79 Å². The van der Waals surface area contributed by atoms with Crippen molar-refractivity contribution < 1.29 is 19.4 Å². The number of hydrogen-bond acceptors (Lipinski definition) is 4. The SMILES string of the molecule is Cc1ccc(N(CCCl)CCCl)cc1C[C@H](CC(=O)O)NC(=O)OC(C)(C)C. The first-order valence-electron chi connectivity index (χ1n) is 9.23. The summed E-state index contributed by atoms with van der Waals surface area (Å²) in [6, 6.07) is 5.38. The number of carboxylic acids is 1. The van der Waals surface area contributed by atoms with Crippen LogP contribution >= 0.6 is 23.2 Å². The molecule has 0 saturated heterocycles. The molecule has 2 N–H and O–H groups in total. The summed E-state index contributed by atoms with van der Waals surface area (Å²) in [5.74, 6) is -0.0371. The van der Waals surface area contributed by atoms with Crippen LogP contribution in [-0.4, -0.2) is 53.7 Å². The van der Waals surface area contributed by atoms with Crippen molar-refractivity contribution in [3.63, 3.8) is 0 Å². The first-order valence-corrected chi connectivity index (χ1v) is 10.3. The predicted molar refractivity (Wildman–Crippen MR) is 114 cm³/mol. The molecule has 1 amide bonds. The van der Waals surface area contributed by atoms with Crippen LogP contribution in [0.25, 0.3) is 0 Å². The van der Waals surface area contributed by atoms with Crippen molar-refractivity contribution in [1.82, 2.24) is 5.32 Å². The van der Waals surface area contributed by atoms with E-state index >= 15 is 0 Å². The topological polar surface area (TPSA) is 78.9 Å². The zero-order valence-corrected chi connectivity index (χ0v) is 18.4. The number of aliphatic carboxylic acids is 1. The second-order valence-corrected chi connectivity index (χ2v) is 8.38. The molecule has 0 fully saturated rings. The third-order valence-electron chi connectivity index (χ3n) is 4.01. The van der Waals surface area contributed by atoms with Crippen LogP contribution in [0.15, 0.2) is 18.2 Å². The number of ether oxygens (including phenoxy) is 1. The molecule has 0 heterocycles. The molecule has 158 valence electrons. The summed E-state index contributed by atoms with van der Waals surface area (Å²) in [5.41, 5.74) is 2.28. The number of carbonyl (C=O) groups is 2. The fraction of sp³-hybridized carbons (Fsp3) is 0.600. The van der Waals surface area contributed by atoms with E-state index < -0.39 is 23.7 Å². The third kappa shape index (κ3) is 9.02. The normalized spacial score (nSPS) is 12.4. The number of benzene rings is 1. The van der Waals surface area contributed by atoms with Gasteiger partial charge in [0.2, 0.25) is 0 Å². The van der Waals surface area contributed by atoms with Crippen molar-refractivity contribution in [2.75, 3.05) is 29.7 Å². The summed E-state index contributed by atoms with van der Waals surface area (Å²) in [5, 5.41) is 11.9. The van der Waals surface area contributed by atoms with Gasteiger partial charge < -0.3 is 20.1 Å². The third-order valence-corrected chi connectivity index (χ3v) is 4.35. The average Bonchev–Trinajstić information content (AvgIpc) is 2.54. The van der Waals surface area contributed by atoms with Gasteiger partial charge in [0.05, 0.1) is 6.42 Å². The minimum atomic E-state index is -0.985. The van der Waals surface area contributed by atoms with E-state index in [1.807, 2.05) is 25.1 Å². The number of alkyl halides is 2. The number of rotatable bonds is 10. The van der Waals surface area contributed by atoms with Crippen molar-refractivity contribution in [2.24, 2.45) is 0 Å². The highest BCUT2D eigenvalue weighted by Gasteiger charge is 2.22. The van der Waals surface area contributed by atoms with E-state index in [1.165, 1.54) is 0 Å². The molecule has 0 spiro atoms. The van der Waals surface area contributed by atoms with Gasteiger partial charge in [-0.05, 0) is 57.4 Å².